The predicted octanol–water partition coefficient (Wildman–Crippen LogP) is 1.65. The largest absolute Gasteiger partial charge is 0.237 e. The van der Waals surface area contributed by atoms with Crippen LogP contribution in [0.5, 0.6) is 0 Å². The Labute approximate surface area is 76.5 Å². The van der Waals surface area contributed by atoms with Crippen molar-refractivity contribution in [2.24, 2.45) is 0 Å². The van der Waals surface area contributed by atoms with E-state index in [4.69, 9.17) is 0 Å². The zero-order chi connectivity index (χ0) is 9.10. The van der Waals surface area contributed by atoms with Gasteiger partial charge in [0.15, 0.2) is 0 Å². The summed E-state index contributed by atoms with van der Waals surface area (Å²) in [5, 5.41) is 7.88. The number of benzene rings is 1. The highest BCUT2D eigenvalue weighted by Gasteiger charge is 1.98. The fourth-order valence-electron chi connectivity index (χ4n) is 1.01. The molecule has 0 N–H and O–H groups in total. The van der Waals surface area contributed by atoms with E-state index >= 15 is 0 Å². The summed E-state index contributed by atoms with van der Waals surface area (Å²) >= 11 is 0. The fraction of sp³-hybridized carbons (Fsp3) is 0.100. The molecule has 0 bridgehead atoms. The van der Waals surface area contributed by atoms with Gasteiger partial charge < -0.3 is 0 Å². The standard InChI is InChI=1S/C10H8N3/c1-8-11-7-10(13-12-8)9-5-3-2-4-6-9/h2-5,7H,1H3. The maximum atomic E-state index is 4.06. The lowest BCUT2D eigenvalue weighted by atomic mass is 10.2. The van der Waals surface area contributed by atoms with Crippen LogP contribution in [-0.2, 0) is 0 Å². The zero-order valence-electron chi connectivity index (χ0n) is 7.23. The van der Waals surface area contributed by atoms with Gasteiger partial charge in [-0.05, 0) is 13.0 Å². The predicted molar refractivity (Wildman–Crippen MR) is 48.8 cm³/mol. The first-order chi connectivity index (χ1) is 6.36. The van der Waals surface area contributed by atoms with Crippen molar-refractivity contribution in [1.82, 2.24) is 15.2 Å². The van der Waals surface area contributed by atoms with Crippen LogP contribution in [0.2, 0.25) is 0 Å². The highest BCUT2D eigenvalue weighted by molar-refractivity contribution is 5.55. The van der Waals surface area contributed by atoms with E-state index in [9.17, 15) is 0 Å². The van der Waals surface area contributed by atoms with Crippen LogP contribution in [0, 0.1) is 13.0 Å². The molecule has 63 valence electrons. The highest BCUT2D eigenvalue weighted by Crippen LogP contribution is 2.12. The lowest BCUT2D eigenvalue weighted by Crippen LogP contribution is -1.92. The molecule has 13 heavy (non-hydrogen) atoms. The van der Waals surface area contributed by atoms with Crippen LogP contribution in [-0.4, -0.2) is 15.2 Å². The third-order valence-corrected chi connectivity index (χ3v) is 1.66. The van der Waals surface area contributed by atoms with E-state index in [0.29, 0.717) is 5.82 Å². The number of aryl methyl sites for hydroxylation is 1. The van der Waals surface area contributed by atoms with Gasteiger partial charge in [0.05, 0.1) is 6.20 Å². The number of hydrogen-bond acceptors (Lipinski definition) is 3. The van der Waals surface area contributed by atoms with Gasteiger partial charge in [0.25, 0.3) is 0 Å². The van der Waals surface area contributed by atoms with Crippen molar-refractivity contribution in [3.8, 4) is 11.3 Å². The summed E-state index contributed by atoms with van der Waals surface area (Å²) in [7, 11) is 0. The Kier molecular flexibility index (Phi) is 2.00. The molecule has 0 fully saturated rings. The second kappa shape index (κ2) is 3.31. The van der Waals surface area contributed by atoms with Crippen LogP contribution in [0.4, 0.5) is 0 Å². The van der Waals surface area contributed by atoms with Crippen molar-refractivity contribution < 1.29 is 0 Å². The van der Waals surface area contributed by atoms with Crippen LogP contribution in [0.15, 0.2) is 30.5 Å². The molecule has 3 heteroatoms. The summed E-state index contributed by atoms with van der Waals surface area (Å²) in [5.41, 5.74) is 1.67. The van der Waals surface area contributed by atoms with E-state index in [-0.39, 0.29) is 0 Å². The molecular weight excluding hydrogens is 162 g/mol. The quantitative estimate of drug-likeness (QED) is 0.653. The molecule has 3 nitrogen and oxygen atoms in total. The lowest BCUT2D eigenvalue weighted by molar-refractivity contribution is 0.913. The number of aromatic nitrogens is 3. The molecule has 0 spiro atoms. The van der Waals surface area contributed by atoms with E-state index in [1.807, 2.05) is 31.2 Å². The van der Waals surface area contributed by atoms with Crippen molar-refractivity contribution in [2.75, 3.05) is 0 Å². The summed E-state index contributed by atoms with van der Waals surface area (Å²) in [6.07, 6.45) is 1.70. The van der Waals surface area contributed by atoms with Crippen molar-refractivity contribution in [2.45, 2.75) is 6.92 Å². The maximum absolute atomic E-state index is 4.06. The molecule has 1 aromatic carbocycles. The van der Waals surface area contributed by atoms with E-state index < -0.39 is 0 Å². The Morgan fingerprint density at radius 3 is 2.77 bits per heavy atom. The maximum Gasteiger partial charge on any atom is 0.147 e. The van der Waals surface area contributed by atoms with E-state index in [2.05, 4.69) is 21.2 Å². The second-order valence-corrected chi connectivity index (χ2v) is 2.67. The van der Waals surface area contributed by atoms with Crippen LogP contribution in [0.3, 0.4) is 0 Å². The number of rotatable bonds is 1. The minimum Gasteiger partial charge on any atom is -0.237 e. The molecule has 0 aliphatic carbocycles. The van der Waals surface area contributed by atoms with Crippen molar-refractivity contribution in [3.63, 3.8) is 0 Å². The third kappa shape index (κ3) is 1.69. The minimum atomic E-state index is 0.680. The van der Waals surface area contributed by atoms with Gasteiger partial charge in [0.2, 0.25) is 0 Å². The van der Waals surface area contributed by atoms with Crippen LogP contribution in [0.25, 0.3) is 11.3 Å². The molecule has 0 saturated heterocycles. The molecule has 0 aliphatic rings. The van der Waals surface area contributed by atoms with Crippen molar-refractivity contribution in [3.05, 3.63) is 42.4 Å². The minimum absolute atomic E-state index is 0.680. The van der Waals surface area contributed by atoms with Gasteiger partial charge >= 0.3 is 0 Å². The Balaban J connectivity index is 2.42. The first-order valence-electron chi connectivity index (χ1n) is 4.00. The topological polar surface area (TPSA) is 38.7 Å². The Hall–Kier alpha value is -1.77. The van der Waals surface area contributed by atoms with Gasteiger partial charge in [-0.3, -0.25) is 0 Å². The third-order valence-electron chi connectivity index (χ3n) is 1.66. The van der Waals surface area contributed by atoms with Gasteiger partial charge in [-0.25, -0.2) is 4.98 Å². The van der Waals surface area contributed by atoms with Gasteiger partial charge in [0, 0.05) is 5.56 Å². The molecule has 2 rings (SSSR count). The van der Waals surface area contributed by atoms with Crippen molar-refractivity contribution in [1.29, 1.82) is 0 Å². The molecule has 0 aliphatic heterocycles. The fourth-order valence-corrected chi connectivity index (χ4v) is 1.01. The molecule has 0 saturated carbocycles. The van der Waals surface area contributed by atoms with E-state index in [1.54, 1.807) is 6.20 Å². The molecule has 2 aromatic rings. The Morgan fingerprint density at radius 2 is 2.15 bits per heavy atom. The Bertz CT molecular complexity index is 381. The average Bonchev–Trinajstić information content (AvgIpc) is 2.20. The smallest absolute Gasteiger partial charge is 0.147 e. The van der Waals surface area contributed by atoms with E-state index in [1.165, 1.54) is 0 Å². The molecule has 1 aromatic heterocycles. The van der Waals surface area contributed by atoms with Crippen LogP contribution in [0.1, 0.15) is 5.82 Å². The van der Waals surface area contributed by atoms with Gasteiger partial charge in [-0.15, -0.1) is 10.2 Å². The lowest BCUT2D eigenvalue weighted by Gasteiger charge is -1.97. The van der Waals surface area contributed by atoms with Crippen LogP contribution < -0.4 is 0 Å². The van der Waals surface area contributed by atoms with Crippen LogP contribution >= 0.6 is 0 Å². The van der Waals surface area contributed by atoms with Gasteiger partial charge in [-0.1, -0.05) is 24.3 Å². The SMILES string of the molecule is Cc1ncc(-c2[c]cccc2)nn1. The first kappa shape index (κ1) is 7.86. The monoisotopic (exact) mass is 170 g/mol. The molecule has 1 heterocycles. The molecule has 0 atom stereocenters. The number of nitrogens with zero attached hydrogens (tertiary/aromatic N) is 3. The molecule has 0 amide bonds. The zero-order valence-corrected chi connectivity index (χ0v) is 7.23. The second-order valence-electron chi connectivity index (χ2n) is 2.67. The van der Waals surface area contributed by atoms with Gasteiger partial charge in [-0.2, -0.15) is 0 Å². The number of hydrogen-bond donors (Lipinski definition) is 0. The van der Waals surface area contributed by atoms with E-state index in [0.717, 1.165) is 11.3 Å². The van der Waals surface area contributed by atoms with Gasteiger partial charge in [0.1, 0.15) is 11.5 Å². The molecular formula is C10H8N3. The summed E-state index contributed by atoms with van der Waals surface area (Å²) in [6.45, 7) is 1.81. The average molecular weight is 170 g/mol. The highest BCUT2D eigenvalue weighted by atomic mass is 15.1. The van der Waals surface area contributed by atoms with Crippen molar-refractivity contribution >= 4 is 0 Å². The first-order valence-corrected chi connectivity index (χ1v) is 4.00. The summed E-state index contributed by atoms with van der Waals surface area (Å²) in [6, 6.07) is 10.7. The summed E-state index contributed by atoms with van der Waals surface area (Å²) in [4.78, 5) is 4.06. The molecule has 1 radical (unpaired) electrons. The summed E-state index contributed by atoms with van der Waals surface area (Å²) < 4.78 is 0. The normalized spacial score (nSPS) is 9.92. The molecule has 0 unspecified atom stereocenters. The Morgan fingerprint density at radius 1 is 1.23 bits per heavy atom. The summed E-state index contributed by atoms with van der Waals surface area (Å²) in [5.74, 6) is 0.680.